The molecule has 1 aliphatic heterocycles. The lowest BCUT2D eigenvalue weighted by Gasteiger charge is -2.43. The van der Waals surface area contributed by atoms with Crippen LogP contribution in [0.3, 0.4) is 0 Å². The number of anilines is 2. The number of methoxy groups -OCH3 is 1. The Labute approximate surface area is 189 Å². The van der Waals surface area contributed by atoms with Crippen LogP contribution in [0.5, 0.6) is 5.75 Å². The molecule has 4 nitrogen and oxygen atoms in total. The second-order valence-electron chi connectivity index (χ2n) is 9.46. The smallest absolute Gasteiger partial charge is 0.255 e. The van der Waals surface area contributed by atoms with Gasteiger partial charge in [0.15, 0.2) is 0 Å². The van der Waals surface area contributed by atoms with Crippen LogP contribution >= 0.6 is 0 Å². The largest absolute Gasteiger partial charge is 0.497 e. The van der Waals surface area contributed by atoms with Crippen LogP contribution in [0, 0.1) is 17.8 Å². The Morgan fingerprint density at radius 1 is 0.969 bits per heavy atom. The summed E-state index contributed by atoms with van der Waals surface area (Å²) in [5.41, 5.74) is 5.35. The lowest BCUT2D eigenvalue weighted by atomic mass is 9.68. The predicted molar refractivity (Wildman–Crippen MR) is 127 cm³/mol. The van der Waals surface area contributed by atoms with E-state index in [1.807, 2.05) is 30.3 Å². The molecule has 0 unspecified atom stereocenters. The summed E-state index contributed by atoms with van der Waals surface area (Å²) in [4.78, 5) is 13.1. The minimum Gasteiger partial charge on any atom is -0.497 e. The third kappa shape index (κ3) is 3.17. The van der Waals surface area contributed by atoms with E-state index in [1.165, 1.54) is 36.1 Å². The van der Waals surface area contributed by atoms with Crippen molar-refractivity contribution in [3.8, 4) is 5.75 Å². The lowest BCUT2D eigenvalue weighted by Crippen LogP contribution is -2.35. The number of fused-ring (bicyclic) bond motifs is 7. The summed E-state index contributed by atoms with van der Waals surface area (Å²) in [6.07, 6.45) is 3.97. The van der Waals surface area contributed by atoms with Crippen molar-refractivity contribution in [1.29, 1.82) is 0 Å². The molecule has 3 aromatic carbocycles. The molecule has 0 spiro atoms. The summed E-state index contributed by atoms with van der Waals surface area (Å²) in [6, 6.07) is 24.9. The van der Waals surface area contributed by atoms with E-state index in [1.54, 1.807) is 7.11 Å². The molecule has 2 aliphatic carbocycles. The van der Waals surface area contributed by atoms with Gasteiger partial charge in [-0.2, -0.15) is 0 Å². The number of carbonyl (C=O) groups is 1. The molecule has 5 atom stereocenters. The van der Waals surface area contributed by atoms with Gasteiger partial charge in [0.2, 0.25) is 0 Å². The Morgan fingerprint density at radius 2 is 1.81 bits per heavy atom. The van der Waals surface area contributed by atoms with E-state index < -0.39 is 0 Å². The van der Waals surface area contributed by atoms with Gasteiger partial charge >= 0.3 is 0 Å². The fraction of sp³-hybridized carbons (Fsp3) is 0.321. The Balaban J connectivity index is 1.33. The molecule has 0 saturated heterocycles. The number of amides is 1. The van der Waals surface area contributed by atoms with Gasteiger partial charge in [-0.25, -0.2) is 0 Å². The molecule has 0 aromatic heterocycles. The van der Waals surface area contributed by atoms with Crippen LogP contribution in [-0.4, -0.2) is 13.0 Å². The van der Waals surface area contributed by atoms with Crippen molar-refractivity contribution < 1.29 is 9.53 Å². The second-order valence-corrected chi connectivity index (χ2v) is 9.46. The normalized spacial score (nSPS) is 27.2. The van der Waals surface area contributed by atoms with Crippen molar-refractivity contribution in [3.63, 3.8) is 0 Å². The van der Waals surface area contributed by atoms with Crippen LogP contribution in [0.4, 0.5) is 11.4 Å². The topological polar surface area (TPSA) is 50.4 Å². The van der Waals surface area contributed by atoms with Crippen LogP contribution in [0.1, 0.15) is 52.7 Å². The second kappa shape index (κ2) is 7.70. The zero-order valence-electron chi connectivity index (χ0n) is 18.3. The maximum absolute atomic E-state index is 13.1. The minimum absolute atomic E-state index is 0.0778. The van der Waals surface area contributed by atoms with E-state index in [4.69, 9.17) is 4.74 Å². The van der Waals surface area contributed by atoms with Gasteiger partial charge in [-0.1, -0.05) is 36.4 Å². The van der Waals surface area contributed by atoms with Gasteiger partial charge in [0.1, 0.15) is 5.75 Å². The monoisotopic (exact) mass is 424 g/mol. The molecule has 6 rings (SSSR count). The predicted octanol–water partition coefficient (Wildman–Crippen LogP) is 6.24. The molecule has 2 N–H and O–H groups in total. The fourth-order valence-corrected chi connectivity index (χ4v) is 6.52. The number of hydrogen-bond donors (Lipinski definition) is 2. The highest BCUT2D eigenvalue weighted by atomic mass is 16.5. The standard InChI is InChI=1S/C28H28N2O2/c1-32-22-9-5-8-21(16-22)29-28(31)20-12-13-24-23(15-20)25-18-10-11-19(14-18)26(25)27(30-24)17-6-3-2-4-7-17/h2-9,12-13,15-16,18-19,25-27,30H,10-11,14H2,1H3,(H,29,31)/t18-,19+,25-,26+,27+/m1/s1. The Bertz CT molecular complexity index is 1160. The molecule has 2 bridgehead atoms. The zero-order valence-corrected chi connectivity index (χ0v) is 18.3. The third-order valence-electron chi connectivity index (χ3n) is 7.84. The number of hydrogen-bond acceptors (Lipinski definition) is 3. The number of nitrogens with one attached hydrogen (secondary N) is 2. The number of carbonyl (C=O) groups excluding carboxylic acids is 1. The number of benzene rings is 3. The molecular formula is C28H28N2O2. The summed E-state index contributed by atoms with van der Waals surface area (Å²) in [6.45, 7) is 0. The maximum Gasteiger partial charge on any atom is 0.255 e. The van der Waals surface area contributed by atoms with E-state index in [2.05, 4.69) is 53.1 Å². The van der Waals surface area contributed by atoms with E-state index in [0.717, 1.165) is 23.3 Å². The van der Waals surface area contributed by atoms with Crippen LogP contribution < -0.4 is 15.4 Å². The van der Waals surface area contributed by atoms with Crippen LogP contribution in [0.25, 0.3) is 0 Å². The van der Waals surface area contributed by atoms with Crippen molar-refractivity contribution >= 4 is 17.3 Å². The molecule has 1 heterocycles. The molecule has 162 valence electrons. The van der Waals surface area contributed by atoms with Gasteiger partial charge in [0.25, 0.3) is 5.91 Å². The molecule has 32 heavy (non-hydrogen) atoms. The first kappa shape index (κ1) is 19.4. The maximum atomic E-state index is 13.1. The summed E-state index contributed by atoms with van der Waals surface area (Å²) in [5, 5.41) is 6.88. The lowest BCUT2D eigenvalue weighted by molar-refractivity contribution is 0.102. The first-order valence-corrected chi connectivity index (χ1v) is 11.6. The number of ether oxygens (including phenoxy) is 1. The highest BCUT2D eigenvalue weighted by Crippen LogP contribution is 2.63. The highest BCUT2D eigenvalue weighted by molar-refractivity contribution is 6.04. The molecule has 3 aromatic rings. The molecule has 4 heteroatoms. The first-order valence-electron chi connectivity index (χ1n) is 11.6. The van der Waals surface area contributed by atoms with Crippen LogP contribution in [0.2, 0.25) is 0 Å². The quantitative estimate of drug-likeness (QED) is 0.521. The van der Waals surface area contributed by atoms with Gasteiger partial charge in [0, 0.05) is 23.0 Å². The molecular weight excluding hydrogens is 396 g/mol. The minimum atomic E-state index is -0.0778. The molecule has 3 aliphatic rings. The highest BCUT2D eigenvalue weighted by Gasteiger charge is 2.53. The molecule has 2 fully saturated rings. The third-order valence-corrected chi connectivity index (χ3v) is 7.84. The SMILES string of the molecule is COc1cccc(NC(=O)c2ccc3c(c2)[C@H]2[C@@H]4CC[C@@H](C4)[C@@H]2[C@H](c2ccccc2)N3)c1. The van der Waals surface area contributed by atoms with Crippen molar-refractivity contribution in [2.45, 2.75) is 31.2 Å². The van der Waals surface area contributed by atoms with E-state index in [9.17, 15) is 4.79 Å². The van der Waals surface area contributed by atoms with Gasteiger partial charge in [-0.3, -0.25) is 4.79 Å². The summed E-state index contributed by atoms with van der Waals surface area (Å²) in [7, 11) is 1.63. The average molecular weight is 425 g/mol. The van der Waals surface area contributed by atoms with Crippen molar-refractivity contribution in [2.75, 3.05) is 17.7 Å². The molecule has 0 radical (unpaired) electrons. The average Bonchev–Trinajstić information content (AvgIpc) is 3.47. The first-order chi connectivity index (χ1) is 15.7. The van der Waals surface area contributed by atoms with Gasteiger partial charge in [-0.05, 0) is 84.4 Å². The Kier molecular flexibility index (Phi) is 4.67. The molecule has 2 saturated carbocycles. The van der Waals surface area contributed by atoms with E-state index in [0.29, 0.717) is 23.4 Å². The fourth-order valence-electron chi connectivity index (χ4n) is 6.52. The van der Waals surface area contributed by atoms with Crippen molar-refractivity contribution in [2.24, 2.45) is 17.8 Å². The van der Waals surface area contributed by atoms with Crippen molar-refractivity contribution in [1.82, 2.24) is 0 Å². The Hall–Kier alpha value is -3.27. The van der Waals surface area contributed by atoms with Gasteiger partial charge in [-0.15, -0.1) is 0 Å². The summed E-state index contributed by atoms with van der Waals surface area (Å²) >= 11 is 0. The summed E-state index contributed by atoms with van der Waals surface area (Å²) in [5.74, 6) is 3.28. The zero-order chi connectivity index (χ0) is 21.7. The van der Waals surface area contributed by atoms with E-state index in [-0.39, 0.29) is 5.91 Å². The van der Waals surface area contributed by atoms with Crippen LogP contribution in [-0.2, 0) is 0 Å². The van der Waals surface area contributed by atoms with Gasteiger partial charge in [0.05, 0.1) is 13.2 Å². The van der Waals surface area contributed by atoms with Crippen LogP contribution in [0.15, 0.2) is 72.8 Å². The molecule has 1 amide bonds. The van der Waals surface area contributed by atoms with E-state index >= 15 is 0 Å². The number of rotatable bonds is 4. The van der Waals surface area contributed by atoms with Crippen molar-refractivity contribution in [3.05, 3.63) is 89.5 Å². The summed E-state index contributed by atoms with van der Waals surface area (Å²) < 4.78 is 5.28. The Morgan fingerprint density at radius 3 is 2.66 bits per heavy atom. The van der Waals surface area contributed by atoms with Gasteiger partial charge < -0.3 is 15.4 Å².